The highest BCUT2D eigenvalue weighted by Gasteiger charge is 2.31. The molecule has 0 heterocycles. The van der Waals surface area contributed by atoms with E-state index in [1.165, 1.54) is 17.8 Å². The number of hydrogen-bond acceptors (Lipinski definition) is 2. The van der Waals surface area contributed by atoms with Gasteiger partial charge in [-0.3, -0.25) is 5.41 Å². The lowest BCUT2D eigenvalue weighted by Gasteiger charge is -2.13. The van der Waals surface area contributed by atoms with Crippen molar-refractivity contribution >= 4 is 17.6 Å². The fourth-order valence-corrected chi connectivity index (χ4v) is 2.22. The van der Waals surface area contributed by atoms with Gasteiger partial charge in [0, 0.05) is 15.7 Å². The lowest BCUT2D eigenvalue weighted by atomic mass is 10.1. The number of thioether (sulfide) groups is 1. The molecule has 0 atom stereocenters. The number of nitrogen functional groups attached to an aromatic ring is 1. The van der Waals surface area contributed by atoms with Crippen LogP contribution in [0.4, 0.5) is 13.2 Å². The van der Waals surface area contributed by atoms with Gasteiger partial charge < -0.3 is 5.73 Å². The van der Waals surface area contributed by atoms with Gasteiger partial charge in [0.1, 0.15) is 5.84 Å². The van der Waals surface area contributed by atoms with Gasteiger partial charge in [-0.15, -0.1) is 11.8 Å². The largest absolute Gasteiger partial charge is 0.416 e. The van der Waals surface area contributed by atoms with Crippen LogP contribution in [-0.2, 0) is 6.18 Å². The molecule has 0 aliphatic carbocycles. The van der Waals surface area contributed by atoms with Crippen molar-refractivity contribution in [1.29, 1.82) is 5.41 Å². The van der Waals surface area contributed by atoms with Gasteiger partial charge in [-0.25, -0.2) is 0 Å². The molecular weight excluding hydrogens is 249 g/mol. The summed E-state index contributed by atoms with van der Waals surface area (Å²) in [6, 6.07) is 3.30. The molecule has 1 aromatic rings. The number of benzene rings is 1. The van der Waals surface area contributed by atoms with Gasteiger partial charge in [0.25, 0.3) is 0 Å². The Morgan fingerprint density at radius 3 is 2.35 bits per heavy atom. The molecule has 17 heavy (non-hydrogen) atoms. The maximum atomic E-state index is 12.5. The summed E-state index contributed by atoms with van der Waals surface area (Å²) in [5.74, 6) is -0.348. The standard InChI is InChI=1S/C11H13F3N2S/c1-6(2)17-9-4-3-7(11(12,13)14)5-8(9)10(15)16/h3-6H,1-2H3,(H3,15,16). The van der Waals surface area contributed by atoms with E-state index in [-0.39, 0.29) is 16.6 Å². The second-order valence-electron chi connectivity index (χ2n) is 3.79. The molecule has 0 aliphatic rings. The lowest BCUT2D eigenvalue weighted by molar-refractivity contribution is -0.137. The number of hydrogen-bond donors (Lipinski definition) is 2. The number of halogens is 3. The van der Waals surface area contributed by atoms with Crippen molar-refractivity contribution in [1.82, 2.24) is 0 Å². The topological polar surface area (TPSA) is 49.9 Å². The van der Waals surface area contributed by atoms with Crippen LogP contribution >= 0.6 is 11.8 Å². The first-order chi connectivity index (χ1) is 7.71. The van der Waals surface area contributed by atoms with Crippen molar-refractivity contribution < 1.29 is 13.2 Å². The van der Waals surface area contributed by atoms with Crippen molar-refractivity contribution in [3.63, 3.8) is 0 Å². The average molecular weight is 262 g/mol. The Labute approximate surface area is 102 Å². The van der Waals surface area contributed by atoms with Crippen LogP contribution in [0.25, 0.3) is 0 Å². The maximum absolute atomic E-state index is 12.5. The molecule has 1 aromatic carbocycles. The quantitative estimate of drug-likeness (QED) is 0.497. The maximum Gasteiger partial charge on any atom is 0.416 e. The van der Waals surface area contributed by atoms with Crippen molar-refractivity contribution in [3.8, 4) is 0 Å². The molecule has 0 fully saturated rings. The second kappa shape index (κ2) is 5.00. The molecule has 0 aliphatic heterocycles. The summed E-state index contributed by atoms with van der Waals surface area (Å²) in [6.07, 6.45) is -4.41. The van der Waals surface area contributed by atoms with Crippen molar-refractivity contribution in [3.05, 3.63) is 29.3 Å². The van der Waals surface area contributed by atoms with Crippen LogP contribution in [0.5, 0.6) is 0 Å². The third-order valence-corrected chi connectivity index (χ3v) is 3.04. The predicted octanol–water partition coefficient (Wildman–Crippen LogP) is 3.49. The SMILES string of the molecule is CC(C)Sc1ccc(C(F)(F)F)cc1C(=N)N. The summed E-state index contributed by atoms with van der Waals surface area (Å²) in [4.78, 5) is 0.598. The highest BCUT2D eigenvalue weighted by atomic mass is 32.2. The molecule has 1 rings (SSSR count). The highest BCUT2D eigenvalue weighted by molar-refractivity contribution is 8.00. The van der Waals surface area contributed by atoms with Gasteiger partial charge >= 0.3 is 6.18 Å². The van der Waals surface area contributed by atoms with Crippen LogP contribution < -0.4 is 5.73 Å². The monoisotopic (exact) mass is 262 g/mol. The van der Waals surface area contributed by atoms with Gasteiger partial charge in [-0.2, -0.15) is 13.2 Å². The molecule has 0 amide bonds. The van der Waals surface area contributed by atoms with Crippen LogP contribution in [0.1, 0.15) is 25.0 Å². The number of amidine groups is 1. The molecule has 6 heteroatoms. The Morgan fingerprint density at radius 1 is 1.35 bits per heavy atom. The number of nitrogens with two attached hydrogens (primary N) is 1. The number of alkyl halides is 3. The minimum absolute atomic E-state index is 0.138. The summed E-state index contributed by atoms with van der Waals surface area (Å²) < 4.78 is 37.5. The van der Waals surface area contributed by atoms with E-state index in [0.717, 1.165) is 12.1 Å². The number of rotatable bonds is 3. The van der Waals surface area contributed by atoms with Crippen molar-refractivity contribution in [2.45, 2.75) is 30.2 Å². The first kappa shape index (κ1) is 13.9. The smallest absolute Gasteiger partial charge is 0.384 e. The molecule has 0 radical (unpaired) electrons. The molecule has 0 saturated carbocycles. The molecule has 2 nitrogen and oxygen atoms in total. The Kier molecular flexibility index (Phi) is 4.08. The van der Waals surface area contributed by atoms with E-state index >= 15 is 0 Å². The van der Waals surface area contributed by atoms with Crippen LogP contribution in [0.2, 0.25) is 0 Å². The third-order valence-electron chi connectivity index (χ3n) is 1.96. The fraction of sp³-hybridized carbons (Fsp3) is 0.364. The summed E-state index contributed by atoms with van der Waals surface area (Å²) in [6.45, 7) is 3.85. The van der Waals surface area contributed by atoms with E-state index < -0.39 is 11.7 Å². The second-order valence-corrected chi connectivity index (χ2v) is 5.41. The zero-order valence-electron chi connectivity index (χ0n) is 9.43. The van der Waals surface area contributed by atoms with Crippen molar-refractivity contribution in [2.75, 3.05) is 0 Å². The van der Waals surface area contributed by atoms with Crippen molar-refractivity contribution in [2.24, 2.45) is 5.73 Å². The summed E-state index contributed by atoms with van der Waals surface area (Å²) in [5, 5.41) is 7.53. The molecule has 3 N–H and O–H groups in total. The molecule has 0 bridgehead atoms. The zero-order chi connectivity index (χ0) is 13.2. The number of nitrogens with one attached hydrogen (secondary N) is 1. The Bertz CT molecular complexity index is 427. The average Bonchev–Trinajstić information content (AvgIpc) is 2.15. The normalized spacial score (nSPS) is 11.9. The Hall–Kier alpha value is -1.17. The van der Waals surface area contributed by atoms with Gasteiger partial charge in [0.2, 0.25) is 0 Å². The van der Waals surface area contributed by atoms with Crippen LogP contribution in [-0.4, -0.2) is 11.1 Å². The lowest BCUT2D eigenvalue weighted by Crippen LogP contribution is -2.15. The summed E-state index contributed by atoms with van der Waals surface area (Å²) in [5.41, 5.74) is 4.66. The minimum atomic E-state index is -4.41. The minimum Gasteiger partial charge on any atom is -0.384 e. The van der Waals surface area contributed by atoms with Gasteiger partial charge in [-0.05, 0) is 18.2 Å². The Balaban J connectivity index is 3.22. The van der Waals surface area contributed by atoms with Crippen LogP contribution in [0.3, 0.4) is 0 Å². The fourth-order valence-electron chi connectivity index (χ4n) is 1.27. The molecule has 0 unspecified atom stereocenters. The molecule has 0 spiro atoms. The molecular formula is C11H13F3N2S. The molecule has 94 valence electrons. The summed E-state index contributed by atoms with van der Waals surface area (Å²) in [7, 11) is 0. The third kappa shape index (κ3) is 3.66. The summed E-state index contributed by atoms with van der Waals surface area (Å²) >= 11 is 1.38. The van der Waals surface area contributed by atoms with E-state index in [1.807, 2.05) is 13.8 Å². The molecule has 0 saturated heterocycles. The predicted molar refractivity (Wildman–Crippen MR) is 63.5 cm³/mol. The van der Waals surface area contributed by atoms with E-state index in [1.54, 1.807) is 0 Å². The Morgan fingerprint density at radius 2 is 1.94 bits per heavy atom. The van der Waals surface area contributed by atoms with E-state index in [0.29, 0.717) is 4.90 Å². The van der Waals surface area contributed by atoms with E-state index in [2.05, 4.69) is 0 Å². The molecule has 0 aromatic heterocycles. The van der Waals surface area contributed by atoms with E-state index in [9.17, 15) is 13.2 Å². The zero-order valence-corrected chi connectivity index (χ0v) is 10.2. The van der Waals surface area contributed by atoms with Crippen LogP contribution in [0, 0.1) is 5.41 Å². The van der Waals surface area contributed by atoms with Gasteiger partial charge in [0.15, 0.2) is 0 Å². The van der Waals surface area contributed by atoms with Crippen LogP contribution in [0.15, 0.2) is 23.1 Å². The van der Waals surface area contributed by atoms with E-state index in [4.69, 9.17) is 11.1 Å². The van der Waals surface area contributed by atoms with Gasteiger partial charge in [0.05, 0.1) is 5.56 Å². The first-order valence-electron chi connectivity index (χ1n) is 4.94. The van der Waals surface area contributed by atoms with Gasteiger partial charge in [-0.1, -0.05) is 13.8 Å². The highest BCUT2D eigenvalue weighted by Crippen LogP contribution is 2.34. The first-order valence-corrected chi connectivity index (χ1v) is 5.82.